The molecule has 4 heteroatoms. The van der Waals surface area contributed by atoms with E-state index in [9.17, 15) is 0 Å². The molecule has 2 aliphatic heterocycles. The van der Waals surface area contributed by atoms with Crippen LogP contribution in [0.2, 0.25) is 0 Å². The molecule has 0 radical (unpaired) electrons. The molecule has 16 heavy (non-hydrogen) atoms. The largest absolute Gasteiger partial charge is 1.00 e. The van der Waals surface area contributed by atoms with E-state index in [4.69, 9.17) is 0 Å². The Bertz CT molecular complexity index is 300. The Morgan fingerprint density at radius 2 is 1.25 bits per heavy atom. The fraction of sp³-hybridized carbons (Fsp3) is 0.500. The molecule has 0 saturated heterocycles. The van der Waals surface area contributed by atoms with Crippen molar-refractivity contribution >= 4 is 11.4 Å². The summed E-state index contributed by atoms with van der Waals surface area (Å²) in [4.78, 5) is 0. The van der Waals surface area contributed by atoms with E-state index in [1.165, 1.54) is 50.1 Å². The van der Waals surface area contributed by atoms with E-state index in [1.54, 1.807) is 11.1 Å². The van der Waals surface area contributed by atoms with Crippen LogP contribution in [0.5, 0.6) is 0 Å². The lowest BCUT2D eigenvalue weighted by atomic mass is 9.95. The topological polar surface area (TPSA) is 33.2 Å². The number of nitrogens with two attached hydrogens (primary N) is 2. The normalized spacial score (nSPS) is 17.5. The van der Waals surface area contributed by atoms with E-state index >= 15 is 0 Å². The van der Waals surface area contributed by atoms with Gasteiger partial charge in [0.15, 0.2) is 0 Å². The van der Waals surface area contributed by atoms with Crippen molar-refractivity contribution in [1.29, 1.82) is 0 Å². The summed E-state index contributed by atoms with van der Waals surface area (Å²) < 4.78 is 0. The van der Waals surface area contributed by atoms with Gasteiger partial charge in [-0.1, -0.05) is 0 Å². The standard InChI is InChI=1S/C12H16N2.2HI/c1-3-9-7-10-4-2-6-14-12(10)8-11(9)13-5-1;;/h7-8,13-14H,1-6H2;2*1H. The van der Waals surface area contributed by atoms with Gasteiger partial charge in [0.1, 0.15) is 11.4 Å². The van der Waals surface area contributed by atoms with Crippen molar-refractivity contribution in [3.8, 4) is 0 Å². The highest BCUT2D eigenvalue weighted by molar-refractivity contribution is 5.54. The molecule has 0 atom stereocenters. The van der Waals surface area contributed by atoms with Crippen LogP contribution in [0.1, 0.15) is 24.0 Å². The van der Waals surface area contributed by atoms with Crippen molar-refractivity contribution in [3.63, 3.8) is 0 Å². The monoisotopic (exact) mass is 444 g/mol. The summed E-state index contributed by atoms with van der Waals surface area (Å²) in [5.74, 6) is 0. The minimum absolute atomic E-state index is 0. The van der Waals surface area contributed by atoms with Crippen molar-refractivity contribution in [2.24, 2.45) is 0 Å². The van der Waals surface area contributed by atoms with Gasteiger partial charge in [-0.3, -0.25) is 0 Å². The van der Waals surface area contributed by atoms with E-state index in [0.29, 0.717) is 0 Å². The summed E-state index contributed by atoms with van der Waals surface area (Å²) in [6.07, 6.45) is 5.27. The van der Waals surface area contributed by atoms with Gasteiger partial charge >= 0.3 is 0 Å². The molecule has 4 N–H and O–H groups in total. The summed E-state index contributed by atoms with van der Waals surface area (Å²) in [7, 11) is 0. The Labute approximate surface area is 131 Å². The van der Waals surface area contributed by atoms with Crippen molar-refractivity contribution in [2.45, 2.75) is 25.7 Å². The summed E-state index contributed by atoms with van der Waals surface area (Å²) in [5, 5.41) is 4.81. The third-order valence-electron chi connectivity index (χ3n) is 3.43. The number of hydrogen-bond acceptors (Lipinski definition) is 0. The molecular weight excluding hydrogens is 426 g/mol. The number of quaternary nitrogens is 2. The molecule has 1 aromatic carbocycles. The minimum Gasteiger partial charge on any atom is -1.00 e. The maximum atomic E-state index is 2.45. The lowest BCUT2D eigenvalue weighted by Crippen LogP contribution is -3.00. The van der Waals surface area contributed by atoms with Crippen LogP contribution >= 0.6 is 0 Å². The van der Waals surface area contributed by atoms with Crippen molar-refractivity contribution in [1.82, 2.24) is 0 Å². The first-order valence-corrected chi connectivity index (χ1v) is 5.76. The molecule has 0 amide bonds. The molecule has 3 rings (SSSR count). The maximum Gasteiger partial charge on any atom is 0.138 e. The van der Waals surface area contributed by atoms with E-state index in [0.717, 1.165) is 0 Å². The molecule has 0 aromatic heterocycles. The molecule has 0 unspecified atom stereocenters. The van der Waals surface area contributed by atoms with Crippen LogP contribution < -0.4 is 58.6 Å². The summed E-state index contributed by atoms with van der Waals surface area (Å²) in [5.41, 5.74) is 6.19. The zero-order valence-electron chi connectivity index (χ0n) is 9.31. The molecule has 2 heterocycles. The number of fused-ring (bicyclic) bond motifs is 2. The lowest BCUT2D eigenvalue weighted by molar-refractivity contribution is -0.584. The predicted octanol–water partition coefficient (Wildman–Crippen LogP) is -6.02. The zero-order chi connectivity index (χ0) is 9.38. The second-order valence-corrected chi connectivity index (χ2v) is 4.44. The molecule has 0 aliphatic carbocycles. The van der Waals surface area contributed by atoms with Crippen molar-refractivity contribution in [3.05, 3.63) is 23.3 Å². The van der Waals surface area contributed by atoms with E-state index in [-0.39, 0.29) is 48.0 Å². The molecular formula is C12H18I2N2. The van der Waals surface area contributed by atoms with Gasteiger partial charge in [-0.25, -0.2) is 0 Å². The van der Waals surface area contributed by atoms with Crippen LogP contribution in [0.3, 0.4) is 0 Å². The van der Waals surface area contributed by atoms with Crippen LogP contribution in [-0.4, -0.2) is 13.1 Å². The van der Waals surface area contributed by atoms with Crippen LogP contribution in [0, 0.1) is 0 Å². The van der Waals surface area contributed by atoms with Crippen LogP contribution in [0.15, 0.2) is 12.1 Å². The Morgan fingerprint density at radius 1 is 0.750 bits per heavy atom. The number of rotatable bonds is 0. The van der Waals surface area contributed by atoms with Gasteiger partial charge in [0.05, 0.1) is 19.2 Å². The molecule has 0 saturated carbocycles. The summed E-state index contributed by atoms with van der Waals surface area (Å²) in [6.45, 7) is 2.54. The molecule has 90 valence electrons. The highest BCUT2D eigenvalue weighted by atomic mass is 127. The average Bonchev–Trinajstić information content (AvgIpc) is 2.26. The fourth-order valence-electron chi connectivity index (χ4n) is 2.64. The van der Waals surface area contributed by atoms with Gasteiger partial charge in [-0.2, -0.15) is 0 Å². The second kappa shape index (κ2) is 6.51. The Kier molecular flexibility index (Phi) is 5.97. The van der Waals surface area contributed by atoms with Crippen molar-refractivity contribution in [2.75, 3.05) is 13.1 Å². The van der Waals surface area contributed by atoms with Gasteiger partial charge < -0.3 is 58.6 Å². The SMILES string of the molecule is [I-].[I-].c1c2c(cc3c1CCC[NH2+]3)[NH2+]CCC2. The first-order chi connectivity index (χ1) is 6.93. The number of halogens is 2. The van der Waals surface area contributed by atoms with E-state index in [2.05, 4.69) is 22.8 Å². The fourth-order valence-corrected chi connectivity index (χ4v) is 2.64. The highest BCUT2D eigenvalue weighted by Gasteiger charge is 2.20. The van der Waals surface area contributed by atoms with Gasteiger partial charge in [0.2, 0.25) is 0 Å². The second-order valence-electron chi connectivity index (χ2n) is 4.44. The first kappa shape index (κ1) is 14.7. The molecule has 0 bridgehead atoms. The quantitative estimate of drug-likeness (QED) is 0.296. The Hall–Kier alpha value is 0.600. The van der Waals surface area contributed by atoms with Gasteiger partial charge in [-0.15, -0.1) is 0 Å². The smallest absolute Gasteiger partial charge is 0.138 e. The van der Waals surface area contributed by atoms with Gasteiger partial charge in [0.25, 0.3) is 0 Å². The van der Waals surface area contributed by atoms with Crippen LogP contribution in [0.4, 0.5) is 11.4 Å². The third kappa shape index (κ3) is 2.88. The average molecular weight is 444 g/mol. The third-order valence-corrected chi connectivity index (χ3v) is 3.43. The Balaban J connectivity index is 0.000000640. The van der Waals surface area contributed by atoms with E-state index in [1.807, 2.05) is 0 Å². The summed E-state index contributed by atoms with van der Waals surface area (Å²) in [6, 6.07) is 4.86. The van der Waals surface area contributed by atoms with Crippen molar-refractivity contribution < 1.29 is 58.6 Å². The molecule has 2 aliphatic rings. The molecule has 2 nitrogen and oxygen atoms in total. The molecule has 0 fully saturated rings. The van der Waals surface area contributed by atoms with Crippen LogP contribution in [-0.2, 0) is 12.8 Å². The molecule has 1 aromatic rings. The number of hydrogen-bond donors (Lipinski definition) is 2. The minimum atomic E-state index is 0. The zero-order valence-corrected chi connectivity index (χ0v) is 13.6. The maximum absolute atomic E-state index is 2.45. The van der Waals surface area contributed by atoms with Crippen LogP contribution in [0.25, 0.3) is 0 Å². The number of aryl methyl sites for hydroxylation is 2. The Morgan fingerprint density at radius 3 is 1.75 bits per heavy atom. The predicted molar refractivity (Wildman–Crippen MR) is 56.0 cm³/mol. The lowest BCUT2D eigenvalue weighted by Gasteiger charge is -2.18. The van der Waals surface area contributed by atoms with Gasteiger partial charge in [-0.05, 0) is 18.9 Å². The number of benzene rings is 1. The summed E-state index contributed by atoms with van der Waals surface area (Å²) >= 11 is 0. The van der Waals surface area contributed by atoms with Gasteiger partial charge in [0, 0.05) is 24.0 Å². The van der Waals surface area contributed by atoms with E-state index < -0.39 is 0 Å². The first-order valence-electron chi connectivity index (χ1n) is 5.76. The molecule has 0 spiro atoms. The highest BCUT2D eigenvalue weighted by Crippen LogP contribution is 2.24.